The minimum Gasteiger partial charge on any atom is -0.381 e. The maximum Gasteiger partial charge on any atom is 0.251 e. The summed E-state index contributed by atoms with van der Waals surface area (Å²) in [5.41, 5.74) is -0.190. The minimum atomic E-state index is -0.753. The molecule has 3 nitrogen and oxygen atoms in total. The van der Waals surface area contributed by atoms with Gasteiger partial charge in [-0.3, -0.25) is 4.79 Å². The van der Waals surface area contributed by atoms with Crippen molar-refractivity contribution in [3.63, 3.8) is 0 Å². The number of hydrogen-bond acceptors (Lipinski definition) is 2. The molecule has 0 bridgehead atoms. The zero-order valence-corrected chi connectivity index (χ0v) is 11.5. The Labute approximate surface area is 112 Å². The summed E-state index contributed by atoms with van der Waals surface area (Å²) in [7, 11) is 0. The van der Waals surface area contributed by atoms with Crippen molar-refractivity contribution in [1.29, 1.82) is 0 Å². The Morgan fingerprint density at radius 3 is 2.11 bits per heavy atom. The number of carbonyl (C=O) groups excluding carboxylic acids is 1. The first-order chi connectivity index (χ1) is 9.03. The van der Waals surface area contributed by atoms with Crippen LogP contribution in [0.2, 0.25) is 0 Å². The van der Waals surface area contributed by atoms with Crippen LogP contribution in [0.1, 0.15) is 44.0 Å². The lowest BCUT2D eigenvalue weighted by Crippen LogP contribution is -2.34. The van der Waals surface area contributed by atoms with Crippen LogP contribution in [0.15, 0.2) is 12.1 Å². The average molecular weight is 270 g/mol. The van der Waals surface area contributed by atoms with Crippen LogP contribution in [0.5, 0.6) is 0 Å². The van der Waals surface area contributed by atoms with Crippen molar-refractivity contribution in [1.82, 2.24) is 5.32 Å². The van der Waals surface area contributed by atoms with Gasteiger partial charge in [0, 0.05) is 18.2 Å². The van der Waals surface area contributed by atoms with Gasteiger partial charge >= 0.3 is 0 Å². The number of rotatable bonds is 6. The lowest BCUT2D eigenvalue weighted by atomic mass is 10.1. The third kappa shape index (κ3) is 3.91. The van der Waals surface area contributed by atoms with Gasteiger partial charge in [0.1, 0.15) is 17.3 Å². The molecule has 0 heterocycles. The summed E-state index contributed by atoms with van der Waals surface area (Å²) in [6, 6.07) is 2.13. The summed E-state index contributed by atoms with van der Waals surface area (Å²) >= 11 is 0. The Kier molecular flexibility index (Phi) is 5.73. The van der Waals surface area contributed by atoms with E-state index in [-0.39, 0.29) is 17.3 Å². The molecule has 1 rings (SSSR count). The lowest BCUT2D eigenvalue weighted by molar-refractivity contribution is 0.0934. The van der Waals surface area contributed by atoms with E-state index >= 15 is 0 Å². The molecular formula is C14H20F2N2O. The summed E-state index contributed by atoms with van der Waals surface area (Å²) in [6.07, 6.45) is 1.56. The molecule has 0 aliphatic heterocycles. The van der Waals surface area contributed by atoms with Gasteiger partial charge in [-0.2, -0.15) is 0 Å². The van der Waals surface area contributed by atoms with E-state index in [1.165, 1.54) is 0 Å². The Morgan fingerprint density at radius 1 is 1.16 bits per heavy atom. The second kappa shape index (κ2) is 7.07. The fourth-order valence-corrected chi connectivity index (χ4v) is 1.81. The van der Waals surface area contributed by atoms with Gasteiger partial charge in [-0.1, -0.05) is 13.8 Å². The highest BCUT2D eigenvalue weighted by atomic mass is 19.1. The molecule has 0 spiro atoms. The van der Waals surface area contributed by atoms with E-state index in [4.69, 9.17) is 0 Å². The summed E-state index contributed by atoms with van der Waals surface area (Å²) in [5.74, 6) is -1.96. The normalized spacial score (nSPS) is 10.6. The Balaban J connectivity index is 2.93. The predicted molar refractivity (Wildman–Crippen MR) is 72.4 cm³/mol. The molecule has 1 aromatic rings. The topological polar surface area (TPSA) is 41.1 Å². The number of hydrogen-bond donors (Lipinski definition) is 2. The van der Waals surface area contributed by atoms with Gasteiger partial charge in [0.2, 0.25) is 0 Å². The zero-order valence-electron chi connectivity index (χ0n) is 11.5. The van der Waals surface area contributed by atoms with E-state index < -0.39 is 17.5 Å². The van der Waals surface area contributed by atoms with E-state index in [0.29, 0.717) is 6.54 Å². The molecule has 0 aromatic heterocycles. The summed E-state index contributed by atoms with van der Waals surface area (Å²) in [4.78, 5) is 11.9. The van der Waals surface area contributed by atoms with Crippen LogP contribution in [0.4, 0.5) is 14.5 Å². The Morgan fingerprint density at radius 2 is 1.68 bits per heavy atom. The second-order valence-electron chi connectivity index (χ2n) is 4.33. The molecular weight excluding hydrogens is 250 g/mol. The molecule has 0 aliphatic rings. The van der Waals surface area contributed by atoms with Crippen molar-refractivity contribution in [2.75, 3.05) is 11.9 Å². The Bertz CT molecular complexity index is 422. The van der Waals surface area contributed by atoms with E-state index in [9.17, 15) is 13.6 Å². The maximum atomic E-state index is 13.7. The fourth-order valence-electron chi connectivity index (χ4n) is 1.81. The van der Waals surface area contributed by atoms with Gasteiger partial charge in [-0.25, -0.2) is 8.78 Å². The van der Waals surface area contributed by atoms with Gasteiger partial charge in [0.15, 0.2) is 0 Å². The van der Waals surface area contributed by atoms with Crippen LogP contribution in [-0.4, -0.2) is 18.5 Å². The maximum absolute atomic E-state index is 13.7. The van der Waals surface area contributed by atoms with E-state index in [1.54, 1.807) is 6.92 Å². The molecule has 0 radical (unpaired) electrons. The van der Waals surface area contributed by atoms with E-state index in [2.05, 4.69) is 10.6 Å². The lowest BCUT2D eigenvalue weighted by Gasteiger charge is -2.15. The second-order valence-corrected chi connectivity index (χ2v) is 4.33. The van der Waals surface area contributed by atoms with Gasteiger partial charge in [0.05, 0.1) is 0 Å². The van der Waals surface area contributed by atoms with Gasteiger partial charge in [0.25, 0.3) is 5.91 Å². The van der Waals surface area contributed by atoms with Crippen molar-refractivity contribution < 1.29 is 13.6 Å². The molecule has 0 saturated carbocycles. The molecule has 1 aromatic carbocycles. The average Bonchev–Trinajstić information content (AvgIpc) is 2.39. The van der Waals surface area contributed by atoms with Crippen LogP contribution in [0, 0.1) is 11.6 Å². The summed E-state index contributed by atoms with van der Waals surface area (Å²) in [6.45, 7) is 6.05. The fraction of sp³-hybridized carbons (Fsp3) is 0.500. The SMILES string of the molecule is CCNc1c(F)cc(C(=O)NC(CC)CC)cc1F. The van der Waals surface area contributed by atoms with Crippen LogP contribution in [0.3, 0.4) is 0 Å². The van der Waals surface area contributed by atoms with Crippen LogP contribution >= 0.6 is 0 Å². The summed E-state index contributed by atoms with van der Waals surface area (Å²) in [5, 5.41) is 5.34. The first-order valence-electron chi connectivity index (χ1n) is 6.57. The molecule has 106 valence electrons. The minimum absolute atomic E-state index is 0.00329. The Hall–Kier alpha value is -1.65. The van der Waals surface area contributed by atoms with Crippen molar-refractivity contribution in [3.05, 3.63) is 29.3 Å². The zero-order chi connectivity index (χ0) is 14.4. The predicted octanol–water partition coefficient (Wildman–Crippen LogP) is 3.32. The number of carbonyl (C=O) groups is 1. The molecule has 0 atom stereocenters. The van der Waals surface area contributed by atoms with Crippen LogP contribution in [-0.2, 0) is 0 Å². The van der Waals surface area contributed by atoms with Gasteiger partial charge in [-0.05, 0) is 31.9 Å². The van der Waals surface area contributed by atoms with Crippen molar-refractivity contribution in [2.24, 2.45) is 0 Å². The number of amides is 1. The molecule has 0 aliphatic carbocycles. The van der Waals surface area contributed by atoms with Gasteiger partial charge in [-0.15, -0.1) is 0 Å². The molecule has 0 saturated heterocycles. The van der Waals surface area contributed by atoms with Crippen molar-refractivity contribution >= 4 is 11.6 Å². The highest BCUT2D eigenvalue weighted by Gasteiger charge is 2.16. The standard InChI is InChI=1S/C14H20F2N2O/c1-4-10(5-2)18-14(19)9-7-11(15)13(17-6-3)12(16)8-9/h7-8,10,17H,4-6H2,1-3H3,(H,18,19). The molecule has 0 fully saturated rings. The molecule has 19 heavy (non-hydrogen) atoms. The first kappa shape index (κ1) is 15.4. The molecule has 1 amide bonds. The highest BCUT2D eigenvalue weighted by Crippen LogP contribution is 2.20. The van der Waals surface area contributed by atoms with E-state index in [1.807, 2.05) is 13.8 Å². The van der Waals surface area contributed by atoms with Crippen molar-refractivity contribution in [3.8, 4) is 0 Å². The summed E-state index contributed by atoms with van der Waals surface area (Å²) < 4.78 is 27.4. The highest BCUT2D eigenvalue weighted by molar-refractivity contribution is 5.94. The van der Waals surface area contributed by atoms with Gasteiger partial charge < -0.3 is 10.6 Å². The number of benzene rings is 1. The third-order valence-corrected chi connectivity index (χ3v) is 2.98. The number of halogens is 2. The molecule has 2 N–H and O–H groups in total. The molecule has 5 heteroatoms. The molecule has 0 unspecified atom stereocenters. The third-order valence-electron chi connectivity index (χ3n) is 2.98. The van der Waals surface area contributed by atoms with Crippen molar-refractivity contribution in [2.45, 2.75) is 39.7 Å². The van der Waals surface area contributed by atoms with Crippen LogP contribution < -0.4 is 10.6 Å². The first-order valence-corrected chi connectivity index (χ1v) is 6.57. The van der Waals surface area contributed by atoms with Crippen LogP contribution in [0.25, 0.3) is 0 Å². The smallest absolute Gasteiger partial charge is 0.251 e. The largest absolute Gasteiger partial charge is 0.381 e. The quantitative estimate of drug-likeness (QED) is 0.832. The number of anilines is 1. The van der Waals surface area contributed by atoms with E-state index in [0.717, 1.165) is 25.0 Å². The monoisotopic (exact) mass is 270 g/mol. The number of nitrogens with one attached hydrogen (secondary N) is 2.